The largest absolute Gasteiger partial charge is 0.289 e. The molecule has 2 heterocycles. The van der Waals surface area contributed by atoms with Gasteiger partial charge in [-0.15, -0.1) is 10.2 Å². The smallest absolute Gasteiger partial charge is 0.168 e. The molecule has 0 fully saturated rings. The van der Waals surface area contributed by atoms with E-state index in [0.29, 0.717) is 0 Å². The maximum Gasteiger partial charge on any atom is 0.168 e. The first kappa shape index (κ1) is 7.50. The number of fused-ring (bicyclic) bond motifs is 3. The van der Waals surface area contributed by atoms with Gasteiger partial charge in [-0.25, -0.2) is 0 Å². The van der Waals surface area contributed by atoms with E-state index in [1.54, 1.807) is 6.33 Å². The van der Waals surface area contributed by atoms with Gasteiger partial charge in [0.25, 0.3) is 0 Å². The molecular weight excluding hydrogens is 174 g/mol. The van der Waals surface area contributed by atoms with Gasteiger partial charge < -0.3 is 0 Å². The molecule has 0 N–H and O–H groups in total. The van der Waals surface area contributed by atoms with Crippen molar-refractivity contribution < 1.29 is 0 Å². The van der Waals surface area contributed by atoms with Gasteiger partial charge in [-0.1, -0.05) is 18.2 Å². The zero-order valence-electron chi connectivity index (χ0n) is 7.81. The summed E-state index contributed by atoms with van der Waals surface area (Å²) in [4.78, 5) is 0. The monoisotopic (exact) mass is 183 g/mol. The summed E-state index contributed by atoms with van der Waals surface area (Å²) < 4.78 is 1.93. The molecule has 2 aromatic heterocycles. The zero-order chi connectivity index (χ0) is 9.54. The van der Waals surface area contributed by atoms with Gasteiger partial charge in [0.1, 0.15) is 6.33 Å². The van der Waals surface area contributed by atoms with Crippen LogP contribution >= 0.6 is 0 Å². The molecule has 0 atom stereocenters. The van der Waals surface area contributed by atoms with Crippen molar-refractivity contribution in [1.82, 2.24) is 14.6 Å². The molecule has 0 radical (unpaired) electrons. The van der Waals surface area contributed by atoms with Crippen LogP contribution in [0.25, 0.3) is 16.4 Å². The molecular formula is C11H9N3. The normalized spacial score (nSPS) is 11.2. The highest BCUT2D eigenvalue weighted by Crippen LogP contribution is 2.20. The maximum absolute atomic E-state index is 4.10. The fraction of sp³-hybridized carbons (Fsp3) is 0.0909. The van der Waals surface area contributed by atoms with Crippen molar-refractivity contribution in [3.8, 4) is 0 Å². The van der Waals surface area contributed by atoms with Crippen LogP contribution in [0.3, 0.4) is 0 Å². The Morgan fingerprint density at radius 3 is 3.00 bits per heavy atom. The van der Waals surface area contributed by atoms with E-state index in [-0.39, 0.29) is 0 Å². The highest BCUT2D eigenvalue weighted by Gasteiger charge is 2.02. The minimum atomic E-state index is 0.922. The lowest BCUT2D eigenvalue weighted by Gasteiger charge is -2.02. The Morgan fingerprint density at radius 2 is 2.07 bits per heavy atom. The van der Waals surface area contributed by atoms with E-state index in [0.717, 1.165) is 11.0 Å². The van der Waals surface area contributed by atoms with E-state index in [2.05, 4.69) is 35.3 Å². The number of pyridine rings is 1. The summed E-state index contributed by atoms with van der Waals surface area (Å²) in [6.07, 6.45) is 3.71. The molecule has 3 aromatic rings. The highest BCUT2D eigenvalue weighted by molar-refractivity contribution is 5.95. The molecule has 3 rings (SSSR count). The molecule has 0 saturated heterocycles. The van der Waals surface area contributed by atoms with Gasteiger partial charge in [0.2, 0.25) is 0 Å². The third-order valence-electron chi connectivity index (χ3n) is 2.54. The number of aryl methyl sites for hydroxylation is 1. The van der Waals surface area contributed by atoms with Gasteiger partial charge in [-0.3, -0.25) is 4.40 Å². The summed E-state index contributed by atoms with van der Waals surface area (Å²) in [7, 11) is 0. The Labute approximate surface area is 81.0 Å². The fourth-order valence-electron chi connectivity index (χ4n) is 1.80. The summed E-state index contributed by atoms with van der Waals surface area (Å²) in [5.41, 5.74) is 2.19. The molecule has 0 saturated carbocycles. The average Bonchev–Trinajstić information content (AvgIpc) is 2.66. The van der Waals surface area contributed by atoms with Crippen molar-refractivity contribution in [2.45, 2.75) is 6.92 Å². The molecule has 1 aromatic carbocycles. The minimum absolute atomic E-state index is 0.922. The van der Waals surface area contributed by atoms with Crippen molar-refractivity contribution in [2.24, 2.45) is 0 Å². The SMILES string of the molecule is Cc1cccc2c1ccn1cnnc21. The number of hydrogen-bond donors (Lipinski definition) is 0. The molecule has 0 aliphatic rings. The molecule has 0 unspecified atom stereocenters. The van der Waals surface area contributed by atoms with E-state index in [1.807, 2.05) is 16.7 Å². The molecule has 0 amide bonds. The average molecular weight is 183 g/mol. The quantitative estimate of drug-likeness (QED) is 0.534. The van der Waals surface area contributed by atoms with Crippen LogP contribution in [0.15, 0.2) is 36.8 Å². The topological polar surface area (TPSA) is 30.2 Å². The number of nitrogens with zero attached hydrogens (tertiary/aromatic N) is 3. The van der Waals surface area contributed by atoms with E-state index >= 15 is 0 Å². The van der Waals surface area contributed by atoms with Gasteiger partial charge >= 0.3 is 0 Å². The minimum Gasteiger partial charge on any atom is -0.289 e. The molecule has 14 heavy (non-hydrogen) atoms. The second-order valence-corrected chi connectivity index (χ2v) is 3.41. The summed E-state index contributed by atoms with van der Waals surface area (Å²) in [5.74, 6) is 0. The molecule has 0 aliphatic carbocycles. The van der Waals surface area contributed by atoms with Crippen molar-refractivity contribution in [3.05, 3.63) is 42.4 Å². The first-order valence-corrected chi connectivity index (χ1v) is 4.54. The first-order chi connectivity index (χ1) is 6.86. The number of benzene rings is 1. The number of aromatic nitrogens is 3. The Bertz CT molecular complexity index is 610. The molecule has 0 bridgehead atoms. The second-order valence-electron chi connectivity index (χ2n) is 3.41. The highest BCUT2D eigenvalue weighted by atomic mass is 15.2. The van der Waals surface area contributed by atoms with Crippen LogP contribution in [0.4, 0.5) is 0 Å². The summed E-state index contributed by atoms with van der Waals surface area (Å²) >= 11 is 0. The molecule has 68 valence electrons. The summed E-state index contributed by atoms with van der Waals surface area (Å²) in [6, 6.07) is 8.33. The third-order valence-corrected chi connectivity index (χ3v) is 2.54. The summed E-state index contributed by atoms with van der Waals surface area (Å²) in [5, 5.41) is 10.4. The van der Waals surface area contributed by atoms with Gasteiger partial charge in [0.15, 0.2) is 5.65 Å². The molecule has 0 aliphatic heterocycles. The maximum atomic E-state index is 4.10. The molecule has 3 nitrogen and oxygen atoms in total. The Balaban J connectivity index is 2.64. The van der Waals surface area contributed by atoms with Crippen molar-refractivity contribution in [1.29, 1.82) is 0 Å². The second kappa shape index (κ2) is 2.54. The van der Waals surface area contributed by atoms with Crippen LogP contribution in [-0.4, -0.2) is 14.6 Å². The van der Waals surface area contributed by atoms with Gasteiger partial charge in [0, 0.05) is 11.6 Å². The predicted octanol–water partition coefficient (Wildman–Crippen LogP) is 2.19. The van der Waals surface area contributed by atoms with Crippen LogP contribution in [-0.2, 0) is 0 Å². The predicted molar refractivity (Wildman–Crippen MR) is 55.2 cm³/mol. The Morgan fingerprint density at radius 1 is 1.14 bits per heavy atom. The molecule has 3 heteroatoms. The van der Waals surface area contributed by atoms with E-state index < -0.39 is 0 Å². The lowest BCUT2D eigenvalue weighted by molar-refractivity contribution is 1.10. The lowest BCUT2D eigenvalue weighted by atomic mass is 10.1. The first-order valence-electron chi connectivity index (χ1n) is 4.54. The summed E-state index contributed by atoms with van der Waals surface area (Å²) in [6.45, 7) is 2.11. The standard InChI is InChI=1S/C11H9N3/c1-8-3-2-4-10-9(8)5-6-14-7-12-13-11(10)14/h2-7H,1H3. The van der Waals surface area contributed by atoms with Gasteiger partial charge in [-0.05, 0) is 23.9 Å². The van der Waals surface area contributed by atoms with Gasteiger partial charge in [-0.2, -0.15) is 0 Å². The van der Waals surface area contributed by atoms with E-state index in [9.17, 15) is 0 Å². The number of rotatable bonds is 0. The fourth-order valence-corrected chi connectivity index (χ4v) is 1.80. The zero-order valence-corrected chi connectivity index (χ0v) is 7.81. The van der Waals surface area contributed by atoms with Gasteiger partial charge in [0.05, 0.1) is 0 Å². The van der Waals surface area contributed by atoms with Crippen LogP contribution in [0.5, 0.6) is 0 Å². The van der Waals surface area contributed by atoms with Crippen molar-refractivity contribution >= 4 is 16.4 Å². The van der Waals surface area contributed by atoms with Crippen LogP contribution in [0, 0.1) is 6.92 Å². The van der Waals surface area contributed by atoms with Crippen molar-refractivity contribution in [3.63, 3.8) is 0 Å². The lowest BCUT2D eigenvalue weighted by Crippen LogP contribution is -1.86. The Kier molecular flexibility index (Phi) is 1.36. The van der Waals surface area contributed by atoms with Crippen LogP contribution in [0.2, 0.25) is 0 Å². The van der Waals surface area contributed by atoms with Crippen molar-refractivity contribution in [2.75, 3.05) is 0 Å². The third kappa shape index (κ3) is 0.865. The van der Waals surface area contributed by atoms with E-state index in [1.165, 1.54) is 10.9 Å². The molecule has 0 spiro atoms. The Hall–Kier alpha value is -1.90. The van der Waals surface area contributed by atoms with Crippen LogP contribution < -0.4 is 0 Å². The van der Waals surface area contributed by atoms with Crippen LogP contribution in [0.1, 0.15) is 5.56 Å². The number of hydrogen-bond acceptors (Lipinski definition) is 2. The van der Waals surface area contributed by atoms with E-state index in [4.69, 9.17) is 0 Å².